The van der Waals surface area contributed by atoms with Crippen LogP contribution in [0.15, 0.2) is 70.2 Å². The highest BCUT2D eigenvalue weighted by atomic mass is 35.5. The molecule has 0 fully saturated rings. The Morgan fingerprint density at radius 2 is 1.86 bits per heavy atom. The van der Waals surface area contributed by atoms with Crippen LogP contribution in [-0.4, -0.2) is 25.3 Å². The van der Waals surface area contributed by atoms with Crippen molar-refractivity contribution in [2.45, 2.75) is 20.5 Å². The molecule has 0 atom stereocenters. The van der Waals surface area contributed by atoms with Crippen LogP contribution >= 0.6 is 11.6 Å². The lowest BCUT2D eigenvalue weighted by Crippen LogP contribution is -2.16. The molecule has 4 aromatic rings. The molecule has 36 heavy (non-hydrogen) atoms. The topological polar surface area (TPSA) is 82.3 Å². The zero-order chi connectivity index (χ0) is 25.5. The number of nitrogens with zero attached hydrogens (tertiary/aromatic N) is 1. The minimum atomic E-state index is -0.513. The normalized spacial score (nSPS) is 11.1. The fourth-order valence-corrected chi connectivity index (χ4v) is 3.71. The quantitative estimate of drug-likeness (QED) is 0.198. The fourth-order valence-electron chi connectivity index (χ4n) is 3.44. The van der Waals surface area contributed by atoms with Gasteiger partial charge in [0.05, 0.1) is 24.5 Å². The summed E-state index contributed by atoms with van der Waals surface area (Å²) in [5.41, 5.74) is 3.95. The van der Waals surface area contributed by atoms with Crippen molar-refractivity contribution < 1.29 is 27.8 Å². The molecule has 1 aromatic heterocycles. The van der Waals surface area contributed by atoms with Gasteiger partial charge < -0.3 is 18.6 Å². The summed E-state index contributed by atoms with van der Waals surface area (Å²) in [7, 11) is 0. The predicted molar refractivity (Wildman–Crippen MR) is 136 cm³/mol. The van der Waals surface area contributed by atoms with E-state index in [1.54, 1.807) is 54.6 Å². The van der Waals surface area contributed by atoms with Crippen molar-refractivity contribution in [3.63, 3.8) is 0 Å². The van der Waals surface area contributed by atoms with Crippen LogP contribution in [0.5, 0.6) is 17.2 Å². The van der Waals surface area contributed by atoms with Crippen LogP contribution in [-0.2, 0) is 6.61 Å². The monoisotopic (exact) mass is 510 g/mol. The molecule has 0 bridgehead atoms. The summed E-state index contributed by atoms with van der Waals surface area (Å²) >= 11 is 6.42. The van der Waals surface area contributed by atoms with Gasteiger partial charge in [-0.2, -0.15) is 5.10 Å². The third kappa shape index (κ3) is 5.95. The fraction of sp³-hybridized carbons (Fsp3) is 0.185. The molecule has 0 radical (unpaired) electrons. The number of nitrogens with one attached hydrogen (secondary N) is 1. The maximum Gasteiger partial charge on any atom is 0.307 e. The lowest BCUT2D eigenvalue weighted by molar-refractivity contribution is 0.0929. The molecule has 186 valence electrons. The maximum absolute atomic E-state index is 13.9. The number of carbonyl (C=O) groups excluding carboxylic acids is 1. The van der Waals surface area contributed by atoms with Crippen molar-refractivity contribution in [1.82, 2.24) is 5.43 Å². The van der Waals surface area contributed by atoms with Gasteiger partial charge in [-0.25, -0.2) is 9.82 Å². The largest absolute Gasteiger partial charge is 0.494 e. The van der Waals surface area contributed by atoms with E-state index in [-0.39, 0.29) is 29.0 Å². The minimum Gasteiger partial charge on any atom is -0.494 e. The van der Waals surface area contributed by atoms with E-state index in [9.17, 15) is 9.18 Å². The summed E-state index contributed by atoms with van der Waals surface area (Å²) < 4.78 is 36.4. The highest BCUT2D eigenvalue weighted by Crippen LogP contribution is 2.37. The van der Waals surface area contributed by atoms with Gasteiger partial charge in [0, 0.05) is 10.9 Å². The van der Waals surface area contributed by atoms with Crippen LogP contribution in [0.4, 0.5) is 4.39 Å². The number of rotatable bonds is 10. The summed E-state index contributed by atoms with van der Waals surface area (Å²) in [6.45, 7) is 4.60. The highest BCUT2D eigenvalue weighted by Gasteiger charge is 2.15. The van der Waals surface area contributed by atoms with Crippen molar-refractivity contribution in [3.05, 3.63) is 88.4 Å². The number of hydrogen-bond acceptors (Lipinski definition) is 6. The van der Waals surface area contributed by atoms with E-state index >= 15 is 0 Å². The first-order valence-electron chi connectivity index (χ1n) is 11.3. The average molecular weight is 511 g/mol. The van der Waals surface area contributed by atoms with Crippen molar-refractivity contribution >= 4 is 34.7 Å². The van der Waals surface area contributed by atoms with Gasteiger partial charge >= 0.3 is 5.91 Å². The standard InChI is InChI=1S/C27H24ClFN2O5/c1-3-33-20-9-10-23-19(13-20)14-25(36-23)27(32)31-30-15-17-11-21(28)26(24(12-17)34-4-2)35-16-18-7-5-6-8-22(18)29/h5-15H,3-4,16H2,1-2H3,(H,31,32)/b30-15+. The molecule has 0 saturated heterocycles. The second kappa shape index (κ2) is 11.6. The van der Waals surface area contributed by atoms with Crippen molar-refractivity contribution in [2.24, 2.45) is 5.10 Å². The van der Waals surface area contributed by atoms with E-state index in [4.69, 9.17) is 30.2 Å². The number of ether oxygens (including phenoxy) is 3. The summed E-state index contributed by atoms with van der Waals surface area (Å²) in [5, 5.41) is 5.00. The summed E-state index contributed by atoms with van der Waals surface area (Å²) in [6.07, 6.45) is 1.42. The van der Waals surface area contributed by atoms with Gasteiger partial charge in [0.2, 0.25) is 0 Å². The Kier molecular flexibility index (Phi) is 8.07. The van der Waals surface area contributed by atoms with Crippen molar-refractivity contribution in [1.29, 1.82) is 0 Å². The van der Waals surface area contributed by atoms with Crippen LogP contribution in [0.25, 0.3) is 11.0 Å². The van der Waals surface area contributed by atoms with Crippen LogP contribution in [0.2, 0.25) is 5.02 Å². The number of carbonyl (C=O) groups is 1. The highest BCUT2D eigenvalue weighted by molar-refractivity contribution is 6.32. The minimum absolute atomic E-state index is 0.0144. The predicted octanol–water partition coefficient (Wildman–Crippen LogP) is 6.37. The average Bonchev–Trinajstić information content (AvgIpc) is 3.29. The van der Waals surface area contributed by atoms with E-state index in [0.29, 0.717) is 41.4 Å². The number of benzene rings is 3. The smallest absolute Gasteiger partial charge is 0.307 e. The van der Waals surface area contributed by atoms with Crippen LogP contribution < -0.4 is 19.6 Å². The van der Waals surface area contributed by atoms with E-state index in [2.05, 4.69) is 10.5 Å². The number of hydrazone groups is 1. The third-order valence-electron chi connectivity index (χ3n) is 5.06. The van der Waals surface area contributed by atoms with E-state index in [0.717, 1.165) is 5.39 Å². The first-order valence-corrected chi connectivity index (χ1v) is 11.7. The molecule has 0 aliphatic rings. The Morgan fingerprint density at radius 3 is 2.64 bits per heavy atom. The maximum atomic E-state index is 13.9. The molecule has 1 N–H and O–H groups in total. The number of furan rings is 1. The summed E-state index contributed by atoms with van der Waals surface area (Å²) in [4.78, 5) is 12.5. The Hall–Kier alpha value is -4.04. The SMILES string of the molecule is CCOc1ccc2oc(C(=O)N/N=C/c3cc(Cl)c(OCc4ccccc4F)c(OCC)c3)cc2c1. The Labute approximate surface area is 212 Å². The first-order chi connectivity index (χ1) is 17.5. The molecule has 9 heteroatoms. The molecular weight excluding hydrogens is 487 g/mol. The van der Waals surface area contributed by atoms with E-state index < -0.39 is 5.91 Å². The third-order valence-corrected chi connectivity index (χ3v) is 5.34. The first kappa shape index (κ1) is 25.1. The van der Waals surface area contributed by atoms with Crippen molar-refractivity contribution in [2.75, 3.05) is 13.2 Å². The Morgan fingerprint density at radius 1 is 1.06 bits per heavy atom. The lowest BCUT2D eigenvalue weighted by atomic mass is 10.2. The van der Waals surface area contributed by atoms with Gasteiger partial charge in [0.15, 0.2) is 17.3 Å². The molecule has 7 nitrogen and oxygen atoms in total. The van der Waals surface area contributed by atoms with E-state index in [1.807, 2.05) is 13.8 Å². The Bertz CT molecular complexity index is 1400. The number of amides is 1. The van der Waals surface area contributed by atoms with Gasteiger partial charge in [0.1, 0.15) is 23.8 Å². The number of fused-ring (bicyclic) bond motifs is 1. The Balaban J connectivity index is 1.46. The zero-order valence-corrected chi connectivity index (χ0v) is 20.5. The van der Waals surface area contributed by atoms with Crippen LogP contribution in [0.1, 0.15) is 35.5 Å². The van der Waals surface area contributed by atoms with Gasteiger partial charge in [0.25, 0.3) is 0 Å². The van der Waals surface area contributed by atoms with Gasteiger partial charge in [-0.15, -0.1) is 0 Å². The molecule has 0 saturated carbocycles. The second-order valence-corrected chi connectivity index (χ2v) is 7.99. The zero-order valence-electron chi connectivity index (χ0n) is 19.7. The summed E-state index contributed by atoms with van der Waals surface area (Å²) in [5.74, 6) is 0.583. The van der Waals surface area contributed by atoms with Gasteiger partial charge in [-0.1, -0.05) is 29.8 Å². The lowest BCUT2D eigenvalue weighted by Gasteiger charge is -2.14. The molecule has 3 aromatic carbocycles. The van der Waals surface area contributed by atoms with Crippen LogP contribution in [0.3, 0.4) is 0 Å². The van der Waals surface area contributed by atoms with Gasteiger partial charge in [-0.3, -0.25) is 4.79 Å². The molecule has 0 aliphatic heterocycles. The molecule has 1 heterocycles. The molecule has 0 aliphatic carbocycles. The van der Waals surface area contributed by atoms with Crippen molar-refractivity contribution in [3.8, 4) is 17.2 Å². The molecular formula is C27H24ClFN2O5. The van der Waals surface area contributed by atoms with E-state index in [1.165, 1.54) is 12.3 Å². The van der Waals surface area contributed by atoms with Gasteiger partial charge in [-0.05, 0) is 61.9 Å². The summed E-state index contributed by atoms with van der Waals surface area (Å²) in [6, 6.07) is 16.5. The number of hydrogen-bond donors (Lipinski definition) is 1. The molecule has 1 amide bonds. The number of halogens is 2. The van der Waals surface area contributed by atoms with Crippen LogP contribution in [0, 0.1) is 5.82 Å². The second-order valence-electron chi connectivity index (χ2n) is 7.59. The molecule has 0 unspecified atom stereocenters. The molecule has 4 rings (SSSR count). The molecule has 0 spiro atoms.